The summed E-state index contributed by atoms with van der Waals surface area (Å²) < 4.78 is 11.0. The number of carbonyl (C=O) groups excluding carboxylic acids is 1. The predicted octanol–water partition coefficient (Wildman–Crippen LogP) is 5.72. The fraction of sp³-hybridized carbons (Fsp3) is 0.211. The maximum atomic E-state index is 12.9. The van der Waals surface area contributed by atoms with E-state index in [2.05, 4.69) is 36.6 Å². The molecule has 0 fully saturated rings. The molecule has 3 aromatic rings. The van der Waals surface area contributed by atoms with Gasteiger partial charge in [0.25, 0.3) is 0 Å². The molecule has 0 saturated carbocycles. The van der Waals surface area contributed by atoms with Gasteiger partial charge in [-0.05, 0) is 50.1 Å². The van der Waals surface area contributed by atoms with Gasteiger partial charge in [-0.2, -0.15) is 0 Å². The number of aryl methyl sites for hydroxylation is 1. The van der Waals surface area contributed by atoms with E-state index in [0.29, 0.717) is 37.8 Å². The molecule has 0 amide bonds. The average Bonchev–Trinajstić information content (AvgIpc) is 2.97. The van der Waals surface area contributed by atoms with Crippen molar-refractivity contribution in [2.45, 2.75) is 13.3 Å². The molecule has 1 N–H and O–H groups in total. The second-order valence-electron chi connectivity index (χ2n) is 5.28. The van der Waals surface area contributed by atoms with Gasteiger partial charge in [-0.25, -0.2) is 0 Å². The number of phenols is 1. The summed E-state index contributed by atoms with van der Waals surface area (Å²) in [6.07, 6.45) is 0.635. The first-order valence-corrected chi connectivity index (χ1v) is 9.16. The predicted molar refractivity (Wildman–Crippen MR) is 105 cm³/mol. The standard InChI is InChI=1S/C17H12Br2O3.C2H6O/c1-2-13-15(10-5-3-4-6-14(10)22-13)16(20)9-7-11(18)17(21)12(19)8-9;1-3-2/h3-8,21H,2H2,1H3;1-2H3. The molecule has 0 aliphatic carbocycles. The molecule has 4 nitrogen and oxygen atoms in total. The number of carbonyl (C=O) groups is 1. The van der Waals surface area contributed by atoms with Crippen molar-refractivity contribution in [3.05, 3.63) is 62.2 Å². The summed E-state index contributed by atoms with van der Waals surface area (Å²) in [6.45, 7) is 1.96. The minimum absolute atomic E-state index is 0.0734. The second-order valence-corrected chi connectivity index (χ2v) is 6.98. The summed E-state index contributed by atoms with van der Waals surface area (Å²) in [6, 6.07) is 10.7. The van der Waals surface area contributed by atoms with Gasteiger partial charge in [-0.3, -0.25) is 4.79 Å². The van der Waals surface area contributed by atoms with E-state index in [9.17, 15) is 9.90 Å². The Bertz CT molecular complexity index is 877. The molecule has 132 valence electrons. The molecule has 0 bridgehead atoms. The maximum absolute atomic E-state index is 12.9. The lowest BCUT2D eigenvalue weighted by Gasteiger charge is -2.06. The van der Waals surface area contributed by atoms with E-state index in [4.69, 9.17) is 4.42 Å². The summed E-state index contributed by atoms with van der Waals surface area (Å²) in [5, 5.41) is 10.6. The van der Waals surface area contributed by atoms with Crippen LogP contribution in [-0.4, -0.2) is 25.1 Å². The van der Waals surface area contributed by atoms with Crippen molar-refractivity contribution >= 4 is 48.6 Å². The van der Waals surface area contributed by atoms with E-state index in [0.717, 1.165) is 5.39 Å². The summed E-state index contributed by atoms with van der Waals surface area (Å²) in [5.74, 6) is 0.624. The van der Waals surface area contributed by atoms with Gasteiger partial charge in [0.2, 0.25) is 0 Å². The minimum Gasteiger partial charge on any atom is -0.506 e. The van der Waals surface area contributed by atoms with Crippen LogP contribution in [0.4, 0.5) is 0 Å². The lowest BCUT2D eigenvalue weighted by Crippen LogP contribution is -2.03. The highest BCUT2D eigenvalue weighted by molar-refractivity contribution is 9.11. The fourth-order valence-electron chi connectivity index (χ4n) is 2.43. The van der Waals surface area contributed by atoms with Crippen LogP contribution in [0.1, 0.15) is 28.6 Å². The van der Waals surface area contributed by atoms with Crippen LogP contribution in [0.2, 0.25) is 0 Å². The highest BCUT2D eigenvalue weighted by atomic mass is 79.9. The summed E-state index contributed by atoms with van der Waals surface area (Å²) >= 11 is 6.52. The zero-order valence-electron chi connectivity index (χ0n) is 14.1. The third kappa shape index (κ3) is 4.14. The highest BCUT2D eigenvalue weighted by Crippen LogP contribution is 2.35. The largest absolute Gasteiger partial charge is 0.506 e. The summed E-state index contributed by atoms with van der Waals surface area (Å²) in [5.41, 5.74) is 1.78. The lowest BCUT2D eigenvalue weighted by atomic mass is 9.99. The first-order chi connectivity index (χ1) is 11.9. The monoisotopic (exact) mass is 468 g/mol. The molecule has 0 unspecified atom stereocenters. The van der Waals surface area contributed by atoms with Crippen molar-refractivity contribution in [2.24, 2.45) is 0 Å². The van der Waals surface area contributed by atoms with Crippen LogP contribution in [0.15, 0.2) is 49.8 Å². The van der Waals surface area contributed by atoms with Crippen molar-refractivity contribution in [3.63, 3.8) is 0 Å². The van der Waals surface area contributed by atoms with Crippen molar-refractivity contribution in [1.29, 1.82) is 0 Å². The number of fused-ring (bicyclic) bond motifs is 1. The Labute approximate surface area is 163 Å². The van der Waals surface area contributed by atoms with E-state index in [1.807, 2.05) is 31.2 Å². The number of ether oxygens (including phenoxy) is 1. The van der Waals surface area contributed by atoms with Gasteiger partial charge in [0, 0.05) is 31.6 Å². The number of halogens is 2. The number of ketones is 1. The minimum atomic E-state index is -0.122. The molecule has 3 rings (SSSR count). The Morgan fingerprint density at radius 3 is 2.28 bits per heavy atom. The number of hydrogen-bond acceptors (Lipinski definition) is 4. The number of para-hydroxylation sites is 1. The van der Waals surface area contributed by atoms with E-state index < -0.39 is 0 Å². The molecule has 1 heterocycles. The van der Waals surface area contributed by atoms with Crippen molar-refractivity contribution in [2.75, 3.05) is 14.2 Å². The SMILES string of the molecule is CCc1oc2ccccc2c1C(=O)c1cc(Br)c(O)c(Br)c1.COC. The summed E-state index contributed by atoms with van der Waals surface area (Å²) in [7, 11) is 3.25. The zero-order valence-corrected chi connectivity index (χ0v) is 17.3. The van der Waals surface area contributed by atoms with Crippen LogP contribution in [0.5, 0.6) is 5.75 Å². The number of benzene rings is 2. The number of aromatic hydroxyl groups is 1. The molecular formula is C19H18Br2O4. The van der Waals surface area contributed by atoms with Crippen LogP contribution in [0, 0.1) is 0 Å². The van der Waals surface area contributed by atoms with Gasteiger partial charge in [-0.15, -0.1) is 0 Å². The van der Waals surface area contributed by atoms with Crippen LogP contribution in [0.3, 0.4) is 0 Å². The van der Waals surface area contributed by atoms with Crippen LogP contribution < -0.4 is 0 Å². The van der Waals surface area contributed by atoms with E-state index in [-0.39, 0.29) is 11.5 Å². The Balaban J connectivity index is 0.000000701. The van der Waals surface area contributed by atoms with Gasteiger partial charge >= 0.3 is 0 Å². The molecule has 0 radical (unpaired) electrons. The van der Waals surface area contributed by atoms with Crippen LogP contribution in [-0.2, 0) is 11.2 Å². The average molecular weight is 470 g/mol. The number of methoxy groups -OCH3 is 1. The zero-order chi connectivity index (χ0) is 18.6. The molecule has 25 heavy (non-hydrogen) atoms. The lowest BCUT2D eigenvalue weighted by molar-refractivity contribution is 0.103. The molecule has 1 aromatic heterocycles. The Morgan fingerprint density at radius 2 is 1.72 bits per heavy atom. The molecule has 0 spiro atoms. The maximum Gasteiger partial charge on any atom is 0.197 e. The first-order valence-electron chi connectivity index (χ1n) is 7.57. The van der Waals surface area contributed by atoms with Crippen molar-refractivity contribution in [3.8, 4) is 5.75 Å². The van der Waals surface area contributed by atoms with Crippen LogP contribution >= 0.6 is 31.9 Å². The third-order valence-electron chi connectivity index (χ3n) is 3.50. The molecule has 0 aliphatic rings. The molecule has 0 saturated heterocycles. The van der Waals surface area contributed by atoms with Gasteiger partial charge in [0.1, 0.15) is 17.1 Å². The van der Waals surface area contributed by atoms with Crippen molar-refractivity contribution < 1.29 is 19.1 Å². The van der Waals surface area contributed by atoms with E-state index >= 15 is 0 Å². The Hall–Kier alpha value is -1.63. The quantitative estimate of drug-likeness (QED) is 0.498. The molecular weight excluding hydrogens is 452 g/mol. The molecule has 2 aromatic carbocycles. The Morgan fingerprint density at radius 1 is 1.16 bits per heavy atom. The highest BCUT2D eigenvalue weighted by Gasteiger charge is 2.22. The molecule has 6 heteroatoms. The van der Waals surface area contributed by atoms with Gasteiger partial charge < -0.3 is 14.3 Å². The van der Waals surface area contributed by atoms with E-state index in [1.165, 1.54) is 0 Å². The number of hydrogen-bond donors (Lipinski definition) is 1. The number of furan rings is 1. The van der Waals surface area contributed by atoms with Crippen LogP contribution in [0.25, 0.3) is 11.0 Å². The number of rotatable bonds is 3. The first kappa shape index (κ1) is 19.7. The van der Waals surface area contributed by atoms with E-state index in [1.54, 1.807) is 26.4 Å². The fourth-order valence-corrected chi connectivity index (χ4v) is 3.62. The topological polar surface area (TPSA) is 59.7 Å². The Kier molecular flexibility index (Phi) is 6.81. The van der Waals surface area contributed by atoms with Gasteiger partial charge in [0.05, 0.1) is 14.5 Å². The van der Waals surface area contributed by atoms with Crippen molar-refractivity contribution in [1.82, 2.24) is 0 Å². The second kappa shape index (κ2) is 8.65. The molecule has 0 atom stereocenters. The van der Waals surface area contributed by atoms with Gasteiger partial charge in [-0.1, -0.05) is 25.1 Å². The normalized spacial score (nSPS) is 10.4. The smallest absolute Gasteiger partial charge is 0.197 e. The number of phenolic OH excluding ortho intramolecular Hbond substituents is 1. The molecule has 0 aliphatic heterocycles. The summed E-state index contributed by atoms with van der Waals surface area (Å²) in [4.78, 5) is 12.9. The van der Waals surface area contributed by atoms with Gasteiger partial charge in [0.15, 0.2) is 5.78 Å². The third-order valence-corrected chi connectivity index (χ3v) is 4.70.